The molecule has 5 aliphatic rings. The van der Waals surface area contributed by atoms with Crippen molar-refractivity contribution in [1.29, 1.82) is 0 Å². The summed E-state index contributed by atoms with van der Waals surface area (Å²) >= 11 is 0. The summed E-state index contributed by atoms with van der Waals surface area (Å²) in [4.78, 5) is 0. The lowest BCUT2D eigenvalue weighted by molar-refractivity contribution is -0.0704. The third-order valence-electron chi connectivity index (χ3n) is 6.41. The molecule has 0 amide bonds. The van der Waals surface area contributed by atoms with Gasteiger partial charge in [-0.05, 0) is 93.9 Å². The van der Waals surface area contributed by atoms with Crippen LogP contribution in [0.1, 0.15) is 58.3 Å². The van der Waals surface area contributed by atoms with Gasteiger partial charge in [0.05, 0.1) is 0 Å². The molecule has 0 aromatic rings. The lowest BCUT2D eigenvalue weighted by atomic mass is 9.48. The van der Waals surface area contributed by atoms with Gasteiger partial charge < -0.3 is 5.32 Å². The molecule has 0 aliphatic heterocycles. The standard InChI is InChI=1S/C16H27N/c1-11(17-10-12-2-3-12)16-7-13-4-14(8-16)6-15(5-13)9-16/h11-15,17H,2-10H2,1H3/t11-,13?,14?,15?,16?/m1/s1. The lowest BCUT2D eigenvalue weighted by Gasteiger charge is -2.59. The van der Waals surface area contributed by atoms with Gasteiger partial charge in [0.2, 0.25) is 0 Å². The van der Waals surface area contributed by atoms with Crippen molar-refractivity contribution in [3.8, 4) is 0 Å². The molecule has 0 heterocycles. The third-order valence-corrected chi connectivity index (χ3v) is 6.41. The molecule has 17 heavy (non-hydrogen) atoms. The van der Waals surface area contributed by atoms with Crippen molar-refractivity contribution >= 4 is 0 Å². The Morgan fingerprint density at radius 2 is 1.53 bits per heavy atom. The van der Waals surface area contributed by atoms with E-state index in [0.29, 0.717) is 5.41 Å². The summed E-state index contributed by atoms with van der Waals surface area (Å²) in [5, 5.41) is 3.90. The molecule has 0 radical (unpaired) electrons. The fourth-order valence-electron chi connectivity index (χ4n) is 5.59. The van der Waals surface area contributed by atoms with Crippen LogP contribution in [0.3, 0.4) is 0 Å². The second-order valence-corrected chi connectivity index (χ2v) is 7.85. The maximum atomic E-state index is 3.90. The van der Waals surface area contributed by atoms with Gasteiger partial charge in [0.25, 0.3) is 0 Å². The van der Waals surface area contributed by atoms with Crippen LogP contribution in [0.5, 0.6) is 0 Å². The third kappa shape index (κ3) is 1.85. The smallest absolute Gasteiger partial charge is 0.00956 e. The van der Waals surface area contributed by atoms with E-state index in [1.165, 1.54) is 19.4 Å². The molecule has 0 aromatic heterocycles. The SMILES string of the molecule is C[C@@H](NCC1CC1)C12CC3CC(CC(C3)C1)C2. The summed E-state index contributed by atoms with van der Waals surface area (Å²) in [6.45, 7) is 3.80. The van der Waals surface area contributed by atoms with Crippen LogP contribution < -0.4 is 5.32 Å². The van der Waals surface area contributed by atoms with Crippen molar-refractivity contribution in [2.45, 2.75) is 64.3 Å². The zero-order chi connectivity index (χ0) is 11.5. The zero-order valence-electron chi connectivity index (χ0n) is 11.3. The highest BCUT2D eigenvalue weighted by molar-refractivity contribution is 5.05. The van der Waals surface area contributed by atoms with E-state index in [-0.39, 0.29) is 0 Å². The van der Waals surface area contributed by atoms with E-state index in [9.17, 15) is 0 Å². The first kappa shape index (κ1) is 10.8. The Kier molecular flexibility index (Phi) is 2.38. The molecule has 4 bridgehead atoms. The number of hydrogen-bond donors (Lipinski definition) is 1. The van der Waals surface area contributed by atoms with Crippen LogP contribution in [0.25, 0.3) is 0 Å². The Morgan fingerprint density at radius 3 is 2.00 bits per heavy atom. The van der Waals surface area contributed by atoms with E-state index in [0.717, 1.165) is 29.7 Å². The second kappa shape index (κ2) is 3.73. The van der Waals surface area contributed by atoms with Gasteiger partial charge in [0.15, 0.2) is 0 Å². The summed E-state index contributed by atoms with van der Waals surface area (Å²) in [5.41, 5.74) is 0.712. The molecule has 0 spiro atoms. The minimum absolute atomic E-state index is 0.712. The summed E-state index contributed by atoms with van der Waals surface area (Å²) in [5.74, 6) is 4.34. The highest BCUT2D eigenvalue weighted by Crippen LogP contribution is 2.61. The van der Waals surface area contributed by atoms with Gasteiger partial charge in [-0.3, -0.25) is 0 Å². The predicted molar refractivity (Wildman–Crippen MR) is 70.8 cm³/mol. The molecular formula is C16H27N. The molecule has 96 valence electrons. The molecule has 1 N–H and O–H groups in total. The topological polar surface area (TPSA) is 12.0 Å². The molecule has 0 saturated heterocycles. The Hall–Kier alpha value is -0.0400. The van der Waals surface area contributed by atoms with E-state index >= 15 is 0 Å². The van der Waals surface area contributed by atoms with Crippen LogP contribution in [-0.4, -0.2) is 12.6 Å². The van der Waals surface area contributed by atoms with Gasteiger partial charge in [0, 0.05) is 6.04 Å². The molecule has 1 heteroatoms. The highest BCUT2D eigenvalue weighted by atomic mass is 14.9. The average Bonchev–Trinajstić information content (AvgIpc) is 3.07. The average molecular weight is 233 g/mol. The molecule has 5 fully saturated rings. The minimum atomic E-state index is 0.712. The van der Waals surface area contributed by atoms with Crippen molar-refractivity contribution in [2.75, 3.05) is 6.54 Å². The van der Waals surface area contributed by atoms with Gasteiger partial charge in [0.1, 0.15) is 0 Å². The molecule has 5 rings (SSSR count). The van der Waals surface area contributed by atoms with Gasteiger partial charge in [-0.1, -0.05) is 0 Å². The van der Waals surface area contributed by atoms with Crippen LogP contribution >= 0.6 is 0 Å². The molecular weight excluding hydrogens is 206 g/mol. The predicted octanol–water partition coefficient (Wildman–Crippen LogP) is 3.59. The van der Waals surface area contributed by atoms with Crippen molar-refractivity contribution in [2.24, 2.45) is 29.1 Å². The first-order valence-electron chi connectivity index (χ1n) is 7.97. The van der Waals surface area contributed by atoms with Crippen LogP contribution in [0.15, 0.2) is 0 Å². The zero-order valence-corrected chi connectivity index (χ0v) is 11.3. The Labute approximate surface area is 106 Å². The molecule has 5 saturated carbocycles. The monoisotopic (exact) mass is 233 g/mol. The van der Waals surface area contributed by atoms with E-state index < -0.39 is 0 Å². The highest BCUT2D eigenvalue weighted by Gasteiger charge is 2.53. The lowest BCUT2D eigenvalue weighted by Crippen LogP contribution is -2.55. The Balaban J connectivity index is 1.47. The number of nitrogens with one attached hydrogen (secondary N) is 1. The van der Waals surface area contributed by atoms with E-state index in [2.05, 4.69) is 12.2 Å². The quantitative estimate of drug-likeness (QED) is 0.782. The molecule has 5 aliphatic carbocycles. The Morgan fingerprint density at radius 1 is 1.00 bits per heavy atom. The van der Waals surface area contributed by atoms with E-state index in [4.69, 9.17) is 0 Å². The van der Waals surface area contributed by atoms with E-state index in [1.807, 2.05) is 0 Å². The van der Waals surface area contributed by atoms with Crippen LogP contribution in [0.4, 0.5) is 0 Å². The summed E-state index contributed by atoms with van der Waals surface area (Å²) in [6.07, 6.45) is 12.4. The maximum Gasteiger partial charge on any atom is 0.00956 e. The van der Waals surface area contributed by atoms with Crippen LogP contribution in [0, 0.1) is 29.1 Å². The largest absolute Gasteiger partial charge is 0.313 e. The van der Waals surface area contributed by atoms with Gasteiger partial charge in [-0.2, -0.15) is 0 Å². The number of rotatable bonds is 4. The van der Waals surface area contributed by atoms with Gasteiger partial charge >= 0.3 is 0 Å². The molecule has 0 unspecified atom stereocenters. The first-order valence-corrected chi connectivity index (χ1v) is 7.97. The maximum absolute atomic E-state index is 3.90. The fourth-order valence-corrected chi connectivity index (χ4v) is 5.59. The summed E-state index contributed by atoms with van der Waals surface area (Å²) in [6, 6.07) is 0.788. The van der Waals surface area contributed by atoms with Crippen molar-refractivity contribution in [3.63, 3.8) is 0 Å². The summed E-state index contributed by atoms with van der Waals surface area (Å²) < 4.78 is 0. The van der Waals surface area contributed by atoms with Gasteiger partial charge in [-0.15, -0.1) is 0 Å². The van der Waals surface area contributed by atoms with Crippen molar-refractivity contribution < 1.29 is 0 Å². The first-order chi connectivity index (χ1) is 8.23. The second-order valence-electron chi connectivity index (χ2n) is 7.85. The fraction of sp³-hybridized carbons (Fsp3) is 1.00. The molecule has 1 atom stereocenters. The van der Waals surface area contributed by atoms with Crippen LogP contribution in [-0.2, 0) is 0 Å². The van der Waals surface area contributed by atoms with Crippen molar-refractivity contribution in [1.82, 2.24) is 5.32 Å². The molecule has 1 nitrogen and oxygen atoms in total. The van der Waals surface area contributed by atoms with Gasteiger partial charge in [-0.25, -0.2) is 0 Å². The van der Waals surface area contributed by atoms with Crippen molar-refractivity contribution in [3.05, 3.63) is 0 Å². The Bertz CT molecular complexity index is 269. The normalized spacial score (nSPS) is 49.6. The summed E-state index contributed by atoms with van der Waals surface area (Å²) in [7, 11) is 0. The number of hydrogen-bond acceptors (Lipinski definition) is 1. The minimum Gasteiger partial charge on any atom is -0.313 e. The van der Waals surface area contributed by atoms with Crippen LogP contribution in [0.2, 0.25) is 0 Å². The van der Waals surface area contributed by atoms with E-state index in [1.54, 1.807) is 38.5 Å². The molecule has 0 aromatic carbocycles.